The first-order valence-corrected chi connectivity index (χ1v) is 22.7. The van der Waals surface area contributed by atoms with Crippen LogP contribution in [0.2, 0.25) is 0 Å². The van der Waals surface area contributed by atoms with Crippen LogP contribution in [0.3, 0.4) is 0 Å². The van der Waals surface area contributed by atoms with Crippen molar-refractivity contribution in [1.82, 2.24) is 0 Å². The molecule has 4 nitrogen and oxygen atoms in total. The molecule has 1 unspecified atom stereocenters. The Bertz CT molecular complexity index is 717. The molecule has 0 aromatic heterocycles. The number of carbonyl (C=O) groups is 2. The van der Waals surface area contributed by atoms with E-state index >= 15 is 0 Å². The minimum atomic E-state index is -0.701. The van der Waals surface area contributed by atoms with Crippen LogP contribution in [0.5, 0.6) is 0 Å². The molecule has 0 rings (SSSR count). The van der Waals surface area contributed by atoms with Gasteiger partial charge in [0.15, 0.2) is 0 Å². The highest BCUT2D eigenvalue weighted by Crippen LogP contribution is 2.19. The molecule has 1 N–H and O–H groups in total. The Hall–Kier alpha value is -1.32. The minimum absolute atomic E-state index is 0.00659. The number of allylic oxidation sites excluding steroid dienone is 2. The zero-order chi connectivity index (χ0) is 36.4. The number of carboxylic acids is 1. The van der Waals surface area contributed by atoms with Crippen LogP contribution in [0.15, 0.2) is 12.2 Å². The number of carboxylic acid groups (broad SMARTS) is 1. The molecule has 0 aromatic rings. The number of rotatable bonds is 42. The number of hydrogen-bond donors (Lipinski definition) is 1. The zero-order valence-electron chi connectivity index (χ0n) is 34.0. The lowest BCUT2D eigenvalue weighted by atomic mass is 10.0. The molecule has 1 atom stereocenters. The van der Waals surface area contributed by atoms with Crippen molar-refractivity contribution in [3.8, 4) is 0 Å². The molecule has 50 heavy (non-hydrogen) atoms. The monoisotopic (exact) mass is 705 g/mol. The van der Waals surface area contributed by atoms with Crippen molar-refractivity contribution in [3.63, 3.8) is 0 Å². The predicted molar refractivity (Wildman–Crippen MR) is 218 cm³/mol. The zero-order valence-corrected chi connectivity index (χ0v) is 34.0. The molecule has 0 spiro atoms. The SMILES string of the molecule is CCCCCCCC/C=C\CCCC(CCCCCCCC(=O)O)OC(=O)CCCCCCCCCCCCCCCCCCCCCCC. The molecule has 0 saturated heterocycles. The number of esters is 1. The molecule has 0 aromatic carbocycles. The lowest BCUT2D eigenvalue weighted by Gasteiger charge is -2.18. The molecule has 0 aliphatic carbocycles. The molecule has 0 bridgehead atoms. The number of carbonyl (C=O) groups excluding carboxylic acids is 1. The fraction of sp³-hybridized carbons (Fsp3) is 0.913. The number of aliphatic carboxylic acids is 1. The third-order valence-corrected chi connectivity index (χ3v) is 10.5. The topological polar surface area (TPSA) is 63.6 Å². The van der Waals surface area contributed by atoms with Crippen molar-refractivity contribution in [2.45, 2.75) is 270 Å². The van der Waals surface area contributed by atoms with Gasteiger partial charge in [0, 0.05) is 12.8 Å². The van der Waals surface area contributed by atoms with Crippen LogP contribution < -0.4 is 0 Å². The summed E-state index contributed by atoms with van der Waals surface area (Å²) in [5.74, 6) is -0.707. The van der Waals surface area contributed by atoms with Crippen LogP contribution in [0.4, 0.5) is 0 Å². The minimum Gasteiger partial charge on any atom is -0.481 e. The van der Waals surface area contributed by atoms with Gasteiger partial charge in [-0.3, -0.25) is 9.59 Å². The highest BCUT2D eigenvalue weighted by atomic mass is 16.5. The third-order valence-electron chi connectivity index (χ3n) is 10.5. The molecule has 0 fully saturated rings. The molecule has 0 saturated carbocycles. The second-order valence-corrected chi connectivity index (χ2v) is 15.6. The van der Waals surface area contributed by atoms with Crippen LogP contribution in [-0.2, 0) is 14.3 Å². The van der Waals surface area contributed by atoms with Gasteiger partial charge in [-0.15, -0.1) is 0 Å². The molecule has 296 valence electrons. The van der Waals surface area contributed by atoms with E-state index in [1.165, 1.54) is 167 Å². The smallest absolute Gasteiger partial charge is 0.306 e. The van der Waals surface area contributed by atoms with Gasteiger partial charge >= 0.3 is 11.9 Å². The third kappa shape index (κ3) is 41.1. The van der Waals surface area contributed by atoms with E-state index < -0.39 is 5.97 Å². The summed E-state index contributed by atoms with van der Waals surface area (Å²) in [6.45, 7) is 4.56. The highest BCUT2D eigenvalue weighted by Gasteiger charge is 2.14. The largest absolute Gasteiger partial charge is 0.481 e. The summed E-state index contributed by atoms with van der Waals surface area (Å²) in [6, 6.07) is 0. The maximum atomic E-state index is 12.7. The molecule has 0 amide bonds. The molecular formula is C46H88O4. The molecule has 0 aliphatic heterocycles. The lowest BCUT2D eigenvalue weighted by molar-refractivity contribution is -0.150. The van der Waals surface area contributed by atoms with E-state index in [0.717, 1.165) is 70.6 Å². The van der Waals surface area contributed by atoms with Crippen LogP contribution in [0.25, 0.3) is 0 Å². The van der Waals surface area contributed by atoms with E-state index in [9.17, 15) is 9.59 Å². The summed E-state index contributed by atoms with van der Waals surface area (Å²) in [6.07, 6.45) is 52.5. The average molecular weight is 705 g/mol. The summed E-state index contributed by atoms with van der Waals surface area (Å²) < 4.78 is 6.00. The molecule has 0 heterocycles. The standard InChI is InChI=1S/C46H88O4/c1-3-5-7-9-11-13-15-16-17-18-19-20-21-22-23-24-26-28-30-35-39-43-46(49)50-44(41-37-33-31-34-38-42-45(47)48)40-36-32-29-27-25-14-12-10-8-6-4-2/h27,29,44H,3-26,28,30-43H2,1-2H3,(H,47,48)/b29-27-. The Morgan fingerprint density at radius 1 is 0.420 bits per heavy atom. The summed E-state index contributed by atoms with van der Waals surface area (Å²) in [7, 11) is 0. The van der Waals surface area contributed by atoms with Crippen molar-refractivity contribution in [2.75, 3.05) is 0 Å². The lowest BCUT2D eigenvalue weighted by Crippen LogP contribution is -2.18. The Kier molecular flexibility index (Phi) is 41.0. The summed E-state index contributed by atoms with van der Waals surface area (Å²) in [4.78, 5) is 23.4. The van der Waals surface area contributed by atoms with Crippen molar-refractivity contribution < 1.29 is 19.4 Å². The Morgan fingerprint density at radius 3 is 1.16 bits per heavy atom. The normalized spacial score (nSPS) is 12.2. The van der Waals surface area contributed by atoms with Crippen LogP contribution in [0.1, 0.15) is 264 Å². The highest BCUT2D eigenvalue weighted by molar-refractivity contribution is 5.69. The summed E-state index contributed by atoms with van der Waals surface area (Å²) >= 11 is 0. The maximum Gasteiger partial charge on any atom is 0.306 e. The van der Waals surface area contributed by atoms with Crippen LogP contribution in [-0.4, -0.2) is 23.1 Å². The van der Waals surface area contributed by atoms with E-state index in [4.69, 9.17) is 9.84 Å². The summed E-state index contributed by atoms with van der Waals surface area (Å²) in [5.41, 5.74) is 0. The van der Waals surface area contributed by atoms with Crippen molar-refractivity contribution in [2.24, 2.45) is 0 Å². The fourth-order valence-corrected chi connectivity index (χ4v) is 7.13. The van der Waals surface area contributed by atoms with Gasteiger partial charge in [0.1, 0.15) is 6.10 Å². The fourth-order valence-electron chi connectivity index (χ4n) is 7.13. The van der Waals surface area contributed by atoms with Gasteiger partial charge in [-0.2, -0.15) is 0 Å². The van der Waals surface area contributed by atoms with Crippen LogP contribution in [0, 0.1) is 0 Å². The number of hydrogen-bond acceptors (Lipinski definition) is 3. The Labute approximate surface area is 313 Å². The second-order valence-electron chi connectivity index (χ2n) is 15.6. The first kappa shape index (κ1) is 48.7. The molecule has 0 aliphatic rings. The molecular weight excluding hydrogens is 617 g/mol. The molecule has 0 radical (unpaired) electrons. The van der Waals surface area contributed by atoms with Gasteiger partial charge < -0.3 is 9.84 Å². The quantitative estimate of drug-likeness (QED) is 0.0390. The van der Waals surface area contributed by atoms with E-state index in [2.05, 4.69) is 26.0 Å². The number of ether oxygens (including phenoxy) is 1. The number of unbranched alkanes of at least 4 members (excludes halogenated alkanes) is 31. The van der Waals surface area contributed by atoms with Crippen molar-refractivity contribution in [1.29, 1.82) is 0 Å². The average Bonchev–Trinajstić information content (AvgIpc) is 3.10. The van der Waals surface area contributed by atoms with Crippen LogP contribution >= 0.6 is 0 Å². The van der Waals surface area contributed by atoms with Crippen molar-refractivity contribution >= 4 is 11.9 Å². The van der Waals surface area contributed by atoms with E-state index in [1.54, 1.807) is 0 Å². The Balaban J connectivity index is 3.87. The Morgan fingerprint density at radius 2 is 0.740 bits per heavy atom. The van der Waals surface area contributed by atoms with Crippen molar-refractivity contribution in [3.05, 3.63) is 12.2 Å². The predicted octanol–water partition coefficient (Wildman–Crippen LogP) is 15.8. The first-order chi connectivity index (χ1) is 24.6. The maximum absolute atomic E-state index is 12.7. The van der Waals surface area contributed by atoms with E-state index in [1.807, 2.05) is 0 Å². The van der Waals surface area contributed by atoms with Gasteiger partial charge in [0.2, 0.25) is 0 Å². The molecule has 4 heteroatoms. The van der Waals surface area contributed by atoms with Gasteiger partial charge in [0.05, 0.1) is 0 Å². The van der Waals surface area contributed by atoms with E-state index in [0.29, 0.717) is 6.42 Å². The van der Waals surface area contributed by atoms with E-state index in [-0.39, 0.29) is 18.5 Å². The van der Waals surface area contributed by atoms with Gasteiger partial charge in [0.25, 0.3) is 0 Å². The van der Waals surface area contributed by atoms with Gasteiger partial charge in [-0.25, -0.2) is 0 Å². The van der Waals surface area contributed by atoms with Gasteiger partial charge in [-0.05, 0) is 57.8 Å². The summed E-state index contributed by atoms with van der Waals surface area (Å²) in [5, 5.41) is 8.83. The second kappa shape index (κ2) is 42.1. The van der Waals surface area contributed by atoms with Gasteiger partial charge in [-0.1, -0.05) is 206 Å². The first-order valence-electron chi connectivity index (χ1n) is 22.7.